The summed E-state index contributed by atoms with van der Waals surface area (Å²) in [6, 6.07) is 0. The molecule has 1 saturated carbocycles. The summed E-state index contributed by atoms with van der Waals surface area (Å²) in [6.07, 6.45) is -0.493. The molecule has 0 aromatic carbocycles. The van der Waals surface area contributed by atoms with E-state index in [1.807, 2.05) is 6.92 Å². The number of tetrazole rings is 1. The minimum absolute atomic E-state index is 0.0506. The number of anilines is 1. The molecule has 3 aromatic rings. The number of halogens is 1. The van der Waals surface area contributed by atoms with Gasteiger partial charge in [-0.3, -0.25) is 4.57 Å². The lowest BCUT2D eigenvalue weighted by atomic mass is 10.1. The van der Waals surface area contributed by atoms with Gasteiger partial charge < -0.3 is 20.3 Å². The molecule has 154 valence electrons. The average molecular weight is 422 g/mol. The van der Waals surface area contributed by atoms with Crippen LogP contribution in [0.2, 0.25) is 5.28 Å². The molecule has 5 rings (SSSR count). The Balaban J connectivity index is 1.46. The first-order valence-electron chi connectivity index (χ1n) is 9.48. The molecule has 0 bridgehead atoms. The maximum absolute atomic E-state index is 10.6. The number of aliphatic hydroxyl groups excluding tert-OH is 2. The summed E-state index contributed by atoms with van der Waals surface area (Å²) in [5.74, 6) is 1.37. The van der Waals surface area contributed by atoms with Crippen LogP contribution >= 0.6 is 11.6 Å². The highest BCUT2D eigenvalue weighted by Crippen LogP contribution is 2.39. The van der Waals surface area contributed by atoms with Crippen molar-refractivity contribution in [2.75, 3.05) is 11.9 Å². The van der Waals surface area contributed by atoms with Crippen LogP contribution in [0.3, 0.4) is 0 Å². The van der Waals surface area contributed by atoms with Gasteiger partial charge in [0.2, 0.25) is 11.1 Å². The fourth-order valence-electron chi connectivity index (χ4n) is 3.37. The van der Waals surface area contributed by atoms with Crippen LogP contribution in [0.25, 0.3) is 11.2 Å². The predicted octanol–water partition coefficient (Wildman–Crippen LogP) is 0.300. The molecular weight excluding hydrogens is 402 g/mol. The van der Waals surface area contributed by atoms with Crippen LogP contribution < -0.4 is 5.32 Å². The van der Waals surface area contributed by atoms with Crippen LogP contribution in [-0.2, 0) is 11.3 Å². The predicted molar refractivity (Wildman–Crippen MR) is 99.9 cm³/mol. The minimum atomic E-state index is -1.25. The lowest BCUT2D eigenvalue weighted by Crippen LogP contribution is -2.29. The number of aryl methyl sites for hydroxylation is 1. The van der Waals surface area contributed by atoms with E-state index in [1.165, 1.54) is 28.5 Å². The molecule has 0 spiro atoms. The van der Waals surface area contributed by atoms with E-state index in [0.29, 0.717) is 29.4 Å². The van der Waals surface area contributed by atoms with Crippen LogP contribution in [0.1, 0.15) is 37.9 Å². The van der Waals surface area contributed by atoms with Crippen molar-refractivity contribution in [2.45, 2.75) is 50.8 Å². The standard InChI is InChI=1S/C16H20ClN9O3/c1-2-26-23-13(22-24-26)11-9(27)10(28)15(29-11)25-6-19-8-12(18-5-7-3-4-7)20-16(17)21-14(8)25/h6-7,9-11,15,27-28H,2-5H2,1H3,(H,18,20,21)/t9-,10+,11-,15+/m0/s1. The van der Waals surface area contributed by atoms with E-state index in [4.69, 9.17) is 16.3 Å². The van der Waals surface area contributed by atoms with Crippen LogP contribution in [0.15, 0.2) is 6.33 Å². The van der Waals surface area contributed by atoms with E-state index in [-0.39, 0.29) is 11.1 Å². The molecule has 0 radical (unpaired) electrons. The topological polar surface area (TPSA) is 149 Å². The van der Waals surface area contributed by atoms with E-state index >= 15 is 0 Å². The molecule has 3 aromatic heterocycles. The van der Waals surface area contributed by atoms with Gasteiger partial charge in [0, 0.05) is 6.54 Å². The lowest BCUT2D eigenvalue weighted by molar-refractivity contribution is -0.0384. The Hall–Kier alpha value is -2.41. The number of nitrogens with zero attached hydrogens (tertiary/aromatic N) is 8. The second-order valence-electron chi connectivity index (χ2n) is 7.25. The van der Waals surface area contributed by atoms with Crippen molar-refractivity contribution in [2.24, 2.45) is 5.92 Å². The first-order valence-corrected chi connectivity index (χ1v) is 9.86. The van der Waals surface area contributed by atoms with Crippen LogP contribution in [0.4, 0.5) is 5.82 Å². The maximum Gasteiger partial charge on any atom is 0.226 e. The van der Waals surface area contributed by atoms with Crippen molar-refractivity contribution in [1.29, 1.82) is 0 Å². The van der Waals surface area contributed by atoms with Crippen molar-refractivity contribution in [1.82, 2.24) is 39.7 Å². The summed E-state index contributed by atoms with van der Waals surface area (Å²) < 4.78 is 7.42. The van der Waals surface area contributed by atoms with Crippen molar-refractivity contribution < 1.29 is 14.9 Å². The molecule has 29 heavy (non-hydrogen) atoms. The van der Waals surface area contributed by atoms with Gasteiger partial charge in [-0.05, 0) is 42.5 Å². The Labute approximate surface area is 169 Å². The molecule has 4 heterocycles. The van der Waals surface area contributed by atoms with Crippen LogP contribution in [0, 0.1) is 5.92 Å². The fraction of sp³-hybridized carbons (Fsp3) is 0.625. The van der Waals surface area contributed by atoms with Crippen LogP contribution in [-0.4, -0.2) is 68.7 Å². The number of fused-ring (bicyclic) bond motifs is 1. The summed E-state index contributed by atoms with van der Waals surface area (Å²) in [6.45, 7) is 3.18. The largest absolute Gasteiger partial charge is 0.387 e. The Morgan fingerprint density at radius 2 is 2.10 bits per heavy atom. The number of imidazole rings is 1. The average Bonchev–Trinajstić information content (AvgIpc) is 3.13. The second-order valence-corrected chi connectivity index (χ2v) is 7.59. The Kier molecular flexibility index (Phi) is 4.57. The summed E-state index contributed by atoms with van der Waals surface area (Å²) in [7, 11) is 0. The van der Waals surface area contributed by atoms with Gasteiger partial charge in [0.15, 0.2) is 29.3 Å². The maximum atomic E-state index is 10.6. The van der Waals surface area contributed by atoms with Gasteiger partial charge in [-0.1, -0.05) is 0 Å². The van der Waals surface area contributed by atoms with Gasteiger partial charge in [-0.15, -0.1) is 10.2 Å². The number of rotatable bonds is 6. The first kappa shape index (κ1) is 18.6. The van der Waals surface area contributed by atoms with E-state index in [2.05, 4.69) is 35.7 Å². The summed E-state index contributed by atoms with van der Waals surface area (Å²) in [4.78, 5) is 14.2. The molecule has 1 aliphatic heterocycles. The van der Waals surface area contributed by atoms with Crippen LogP contribution in [0.5, 0.6) is 0 Å². The zero-order valence-electron chi connectivity index (χ0n) is 15.6. The molecule has 2 fully saturated rings. The number of aromatic nitrogens is 8. The Bertz CT molecular complexity index is 1040. The first-order chi connectivity index (χ1) is 14.0. The number of hydrogen-bond acceptors (Lipinski definition) is 10. The zero-order valence-corrected chi connectivity index (χ0v) is 16.3. The Morgan fingerprint density at radius 1 is 1.28 bits per heavy atom. The Morgan fingerprint density at radius 3 is 2.83 bits per heavy atom. The van der Waals surface area contributed by atoms with Crippen molar-refractivity contribution in [3.8, 4) is 0 Å². The lowest BCUT2D eigenvalue weighted by Gasteiger charge is -2.16. The van der Waals surface area contributed by atoms with Gasteiger partial charge in [-0.2, -0.15) is 14.8 Å². The van der Waals surface area contributed by atoms with Crippen molar-refractivity contribution in [3.63, 3.8) is 0 Å². The number of nitrogens with one attached hydrogen (secondary N) is 1. The third-order valence-electron chi connectivity index (χ3n) is 5.17. The third kappa shape index (κ3) is 3.31. The summed E-state index contributed by atoms with van der Waals surface area (Å²) in [5, 5.41) is 36.4. The van der Waals surface area contributed by atoms with E-state index in [9.17, 15) is 10.2 Å². The molecule has 12 nitrogen and oxygen atoms in total. The highest BCUT2D eigenvalue weighted by molar-refractivity contribution is 6.28. The van der Waals surface area contributed by atoms with Gasteiger partial charge in [-0.25, -0.2) is 4.98 Å². The van der Waals surface area contributed by atoms with Crippen molar-refractivity contribution >= 4 is 28.6 Å². The normalized spacial score (nSPS) is 27.0. The van der Waals surface area contributed by atoms with Gasteiger partial charge >= 0.3 is 0 Å². The minimum Gasteiger partial charge on any atom is -0.387 e. The molecule has 0 amide bonds. The molecule has 1 saturated heterocycles. The highest BCUT2D eigenvalue weighted by atomic mass is 35.5. The van der Waals surface area contributed by atoms with E-state index in [1.54, 1.807) is 0 Å². The van der Waals surface area contributed by atoms with Gasteiger partial charge in [0.1, 0.15) is 12.2 Å². The SMILES string of the molecule is CCn1nnc([C@H]2O[C@@H](n3cnc4c(NCC5CC5)nc(Cl)nc43)[C@H](O)[C@@H]2O)n1. The monoisotopic (exact) mass is 421 g/mol. The number of hydrogen-bond donors (Lipinski definition) is 3. The zero-order chi connectivity index (χ0) is 20.1. The molecule has 1 aliphatic carbocycles. The van der Waals surface area contributed by atoms with E-state index in [0.717, 1.165) is 6.54 Å². The highest BCUT2D eigenvalue weighted by Gasteiger charge is 2.47. The quantitative estimate of drug-likeness (QED) is 0.474. The molecule has 0 unspecified atom stereocenters. The van der Waals surface area contributed by atoms with Gasteiger partial charge in [0.05, 0.1) is 12.9 Å². The number of ether oxygens (including phenoxy) is 1. The molecular formula is C16H20ClN9O3. The van der Waals surface area contributed by atoms with E-state index < -0.39 is 24.5 Å². The van der Waals surface area contributed by atoms with Crippen molar-refractivity contribution in [3.05, 3.63) is 17.4 Å². The molecule has 13 heteroatoms. The fourth-order valence-corrected chi connectivity index (χ4v) is 3.53. The summed E-state index contributed by atoms with van der Waals surface area (Å²) in [5.41, 5.74) is 0.907. The molecule has 2 aliphatic rings. The summed E-state index contributed by atoms with van der Waals surface area (Å²) >= 11 is 6.11. The second kappa shape index (κ2) is 7.13. The smallest absolute Gasteiger partial charge is 0.226 e. The third-order valence-corrected chi connectivity index (χ3v) is 5.34. The molecule has 3 N–H and O–H groups in total. The van der Waals surface area contributed by atoms with Gasteiger partial charge in [0.25, 0.3) is 0 Å². The number of aliphatic hydroxyl groups is 2. The molecule has 4 atom stereocenters.